The quantitative estimate of drug-likeness (QED) is 0.459. The molecule has 0 spiro atoms. The van der Waals surface area contributed by atoms with Gasteiger partial charge >= 0.3 is 0 Å². The molecule has 0 amide bonds. The Morgan fingerprint density at radius 3 is 3.00 bits per heavy atom. The van der Waals surface area contributed by atoms with Crippen molar-refractivity contribution in [3.8, 4) is 0 Å². The van der Waals surface area contributed by atoms with E-state index in [0.717, 1.165) is 11.5 Å². The third-order valence-electron chi connectivity index (χ3n) is 0.999. The van der Waals surface area contributed by atoms with Crippen LogP contribution in [0.4, 0.5) is 0 Å². The van der Waals surface area contributed by atoms with Gasteiger partial charge in [0.1, 0.15) is 12.2 Å². The fourth-order valence-corrected chi connectivity index (χ4v) is 0.638. The summed E-state index contributed by atoms with van der Waals surface area (Å²) in [5.41, 5.74) is 1.02. The Balaban J connectivity index is 2.82. The molecular formula is C6H9N3. The summed E-state index contributed by atoms with van der Waals surface area (Å²) < 4.78 is 0. The van der Waals surface area contributed by atoms with Crippen molar-refractivity contribution in [1.82, 2.24) is 0 Å². The van der Waals surface area contributed by atoms with Crippen molar-refractivity contribution in [1.29, 1.82) is 0 Å². The Morgan fingerprint density at radius 2 is 2.22 bits per heavy atom. The van der Waals surface area contributed by atoms with E-state index in [1.807, 2.05) is 13.8 Å². The van der Waals surface area contributed by atoms with Crippen molar-refractivity contribution in [3.05, 3.63) is 0 Å². The highest BCUT2D eigenvalue weighted by Gasteiger charge is 1.92. The summed E-state index contributed by atoms with van der Waals surface area (Å²) in [5.74, 6) is 0.786. The molecule has 0 fully saturated rings. The standard InChI is InChI=1S/C6H9N3/c1-5-3-7-4-8-6(2)9-5/h4H,3H2,1-2H3. The average Bonchev–Trinajstić information content (AvgIpc) is 1.93. The van der Waals surface area contributed by atoms with Crippen LogP contribution in [0.25, 0.3) is 0 Å². The number of hydrogen-bond acceptors (Lipinski definition) is 3. The maximum atomic E-state index is 4.12. The van der Waals surface area contributed by atoms with Crippen molar-refractivity contribution in [2.75, 3.05) is 6.54 Å². The minimum absolute atomic E-state index is 0.681. The Kier molecular flexibility index (Phi) is 1.72. The fourth-order valence-electron chi connectivity index (χ4n) is 0.638. The molecule has 0 unspecified atom stereocenters. The van der Waals surface area contributed by atoms with Crippen LogP contribution in [0.15, 0.2) is 15.0 Å². The largest absolute Gasteiger partial charge is 0.267 e. The monoisotopic (exact) mass is 123 g/mol. The molecule has 0 radical (unpaired) electrons. The van der Waals surface area contributed by atoms with Crippen LogP contribution in [0, 0.1) is 0 Å². The van der Waals surface area contributed by atoms with Gasteiger partial charge in [0.2, 0.25) is 0 Å². The average molecular weight is 123 g/mol. The SMILES string of the molecule is CC1=NC(C)=NC=NC1. The molecule has 0 aromatic rings. The van der Waals surface area contributed by atoms with Crippen LogP contribution in [0.2, 0.25) is 0 Å². The summed E-state index contributed by atoms with van der Waals surface area (Å²) in [6.45, 7) is 4.49. The molecule has 3 heteroatoms. The maximum absolute atomic E-state index is 4.12. The Morgan fingerprint density at radius 1 is 1.44 bits per heavy atom. The molecule has 9 heavy (non-hydrogen) atoms. The predicted octanol–water partition coefficient (Wildman–Crippen LogP) is 0.908. The van der Waals surface area contributed by atoms with Crippen LogP contribution in [-0.4, -0.2) is 24.4 Å². The van der Waals surface area contributed by atoms with Gasteiger partial charge in [-0.15, -0.1) is 0 Å². The van der Waals surface area contributed by atoms with Crippen LogP contribution >= 0.6 is 0 Å². The number of rotatable bonds is 0. The van der Waals surface area contributed by atoms with Gasteiger partial charge in [-0.05, 0) is 13.8 Å². The minimum Gasteiger partial charge on any atom is -0.267 e. The molecule has 0 aliphatic carbocycles. The molecule has 0 aromatic carbocycles. The molecule has 1 aliphatic rings. The lowest BCUT2D eigenvalue weighted by atomic mass is 10.4. The summed E-state index contributed by atoms with van der Waals surface area (Å²) in [5, 5.41) is 0. The van der Waals surface area contributed by atoms with Crippen molar-refractivity contribution >= 4 is 17.9 Å². The third-order valence-corrected chi connectivity index (χ3v) is 0.999. The van der Waals surface area contributed by atoms with Gasteiger partial charge < -0.3 is 0 Å². The first-order valence-corrected chi connectivity index (χ1v) is 2.86. The molecule has 0 saturated carbocycles. The van der Waals surface area contributed by atoms with E-state index in [4.69, 9.17) is 0 Å². The zero-order valence-corrected chi connectivity index (χ0v) is 5.63. The van der Waals surface area contributed by atoms with Crippen LogP contribution in [-0.2, 0) is 0 Å². The normalized spacial score (nSPS) is 18.4. The second-order valence-corrected chi connectivity index (χ2v) is 1.98. The van der Waals surface area contributed by atoms with Gasteiger partial charge in [0.05, 0.1) is 6.54 Å². The Hall–Kier alpha value is -0.990. The lowest BCUT2D eigenvalue weighted by molar-refractivity contribution is 1.29. The van der Waals surface area contributed by atoms with Crippen LogP contribution in [0.5, 0.6) is 0 Å². The molecule has 1 heterocycles. The van der Waals surface area contributed by atoms with Crippen molar-refractivity contribution < 1.29 is 0 Å². The molecule has 0 aromatic heterocycles. The lowest BCUT2D eigenvalue weighted by Gasteiger charge is -1.88. The summed E-state index contributed by atoms with van der Waals surface area (Å²) >= 11 is 0. The van der Waals surface area contributed by atoms with Gasteiger partial charge in [0.15, 0.2) is 0 Å². The van der Waals surface area contributed by atoms with Crippen molar-refractivity contribution in [2.45, 2.75) is 13.8 Å². The van der Waals surface area contributed by atoms with Crippen LogP contribution in [0.3, 0.4) is 0 Å². The van der Waals surface area contributed by atoms with E-state index in [0.29, 0.717) is 6.54 Å². The Labute approximate surface area is 54.2 Å². The van der Waals surface area contributed by atoms with E-state index >= 15 is 0 Å². The topological polar surface area (TPSA) is 37.1 Å². The number of amidine groups is 1. The first kappa shape index (κ1) is 6.13. The zero-order chi connectivity index (χ0) is 6.69. The third kappa shape index (κ3) is 1.76. The highest BCUT2D eigenvalue weighted by atomic mass is 15.0. The van der Waals surface area contributed by atoms with Gasteiger partial charge in [-0.25, -0.2) is 9.98 Å². The van der Waals surface area contributed by atoms with E-state index in [-0.39, 0.29) is 0 Å². The molecule has 0 atom stereocenters. The maximum Gasteiger partial charge on any atom is 0.126 e. The van der Waals surface area contributed by atoms with Gasteiger partial charge in [0, 0.05) is 5.71 Å². The molecule has 0 bridgehead atoms. The summed E-state index contributed by atoms with van der Waals surface area (Å²) in [7, 11) is 0. The molecular weight excluding hydrogens is 114 g/mol. The van der Waals surface area contributed by atoms with Crippen molar-refractivity contribution in [3.63, 3.8) is 0 Å². The molecule has 1 rings (SSSR count). The number of hydrogen-bond donors (Lipinski definition) is 0. The van der Waals surface area contributed by atoms with E-state index in [1.165, 1.54) is 0 Å². The minimum atomic E-state index is 0.681. The van der Waals surface area contributed by atoms with Gasteiger partial charge in [-0.2, -0.15) is 0 Å². The second kappa shape index (κ2) is 2.53. The van der Waals surface area contributed by atoms with Crippen LogP contribution in [0.1, 0.15) is 13.8 Å². The number of nitrogens with zero attached hydrogens (tertiary/aromatic N) is 3. The first-order valence-electron chi connectivity index (χ1n) is 2.86. The molecule has 3 nitrogen and oxygen atoms in total. The molecule has 48 valence electrons. The second-order valence-electron chi connectivity index (χ2n) is 1.98. The Bertz CT molecular complexity index is 188. The lowest BCUT2D eigenvalue weighted by Crippen LogP contribution is -1.97. The summed E-state index contributed by atoms with van der Waals surface area (Å²) in [6, 6.07) is 0. The highest BCUT2D eigenvalue weighted by molar-refractivity contribution is 6.01. The predicted molar refractivity (Wildman–Crippen MR) is 39.6 cm³/mol. The van der Waals surface area contributed by atoms with Gasteiger partial charge in [-0.1, -0.05) is 0 Å². The van der Waals surface area contributed by atoms with E-state index < -0.39 is 0 Å². The zero-order valence-electron chi connectivity index (χ0n) is 5.63. The molecule has 1 aliphatic heterocycles. The van der Waals surface area contributed by atoms with Crippen molar-refractivity contribution in [2.24, 2.45) is 15.0 Å². The van der Waals surface area contributed by atoms with E-state index in [2.05, 4.69) is 15.0 Å². The van der Waals surface area contributed by atoms with Crippen LogP contribution < -0.4 is 0 Å². The van der Waals surface area contributed by atoms with Gasteiger partial charge in [0.25, 0.3) is 0 Å². The smallest absolute Gasteiger partial charge is 0.126 e. The summed E-state index contributed by atoms with van der Waals surface area (Å²) in [4.78, 5) is 12.0. The van der Waals surface area contributed by atoms with Gasteiger partial charge in [-0.3, -0.25) is 4.99 Å². The molecule has 0 saturated heterocycles. The van der Waals surface area contributed by atoms with E-state index in [1.54, 1.807) is 6.34 Å². The summed E-state index contributed by atoms with van der Waals surface area (Å²) in [6.07, 6.45) is 1.55. The van der Waals surface area contributed by atoms with E-state index in [9.17, 15) is 0 Å². The number of aliphatic imine (C=N–C) groups is 3. The highest BCUT2D eigenvalue weighted by Crippen LogP contribution is 1.87. The first-order chi connectivity index (χ1) is 4.29. The molecule has 0 N–H and O–H groups in total. The fraction of sp³-hybridized carbons (Fsp3) is 0.500.